The highest BCUT2D eigenvalue weighted by Gasteiger charge is 2.35. The third-order valence-corrected chi connectivity index (χ3v) is 5.07. The van der Waals surface area contributed by atoms with E-state index in [1.54, 1.807) is 17.8 Å². The standard InChI is InChI=1S/C20H20N4O3/c1-12-17-14(19(25)24-10-6-9-16(24)20(26)27)11-15(13-7-4-3-5-8-13)21-18(17)23(2)22-12/h3-5,7-8,11,16H,6,9-10H2,1-2H3,(H,26,27). The molecule has 3 heterocycles. The smallest absolute Gasteiger partial charge is 0.326 e. The Bertz CT molecular complexity index is 1040. The minimum Gasteiger partial charge on any atom is -0.480 e. The number of likely N-dealkylation sites (tertiary alicyclic amines) is 1. The Morgan fingerprint density at radius 2 is 1.96 bits per heavy atom. The number of aliphatic carboxylic acids is 1. The number of carboxylic acid groups (broad SMARTS) is 1. The van der Waals surface area contributed by atoms with Crippen molar-refractivity contribution in [2.75, 3.05) is 6.54 Å². The Balaban J connectivity index is 1.91. The van der Waals surface area contributed by atoms with E-state index in [1.807, 2.05) is 37.3 Å². The van der Waals surface area contributed by atoms with Gasteiger partial charge in [0.15, 0.2) is 5.65 Å². The first kappa shape index (κ1) is 17.2. The highest BCUT2D eigenvalue weighted by atomic mass is 16.4. The van der Waals surface area contributed by atoms with E-state index >= 15 is 0 Å². The lowest BCUT2D eigenvalue weighted by Gasteiger charge is -2.22. The predicted octanol–water partition coefficient (Wildman–Crippen LogP) is 2.63. The van der Waals surface area contributed by atoms with Crippen molar-refractivity contribution in [1.82, 2.24) is 19.7 Å². The number of hydrogen-bond acceptors (Lipinski definition) is 4. The van der Waals surface area contributed by atoms with Gasteiger partial charge in [0.05, 0.1) is 22.3 Å². The number of carbonyl (C=O) groups is 2. The molecule has 0 saturated carbocycles. The Morgan fingerprint density at radius 1 is 1.22 bits per heavy atom. The first-order chi connectivity index (χ1) is 13.0. The fourth-order valence-electron chi connectivity index (χ4n) is 3.79. The molecule has 0 bridgehead atoms. The van der Waals surface area contributed by atoms with E-state index in [0.29, 0.717) is 47.4 Å². The molecule has 7 nitrogen and oxygen atoms in total. The Hall–Kier alpha value is -3.22. The molecule has 1 unspecified atom stereocenters. The van der Waals surface area contributed by atoms with Crippen LogP contribution in [0.25, 0.3) is 22.3 Å². The molecule has 1 amide bonds. The molecular weight excluding hydrogens is 344 g/mol. The van der Waals surface area contributed by atoms with E-state index in [0.717, 1.165) is 5.56 Å². The first-order valence-electron chi connectivity index (χ1n) is 8.91. The summed E-state index contributed by atoms with van der Waals surface area (Å²) in [6.45, 7) is 2.28. The van der Waals surface area contributed by atoms with Gasteiger partial charge in [-0.1, -0.05) is 30.3 Å². The largest absolute Gasteiger partial charge is 0.480 e. The highest BCUT2D eigenvalue weighted by Crippen LogP contribution is 2.29. The molecule has 0 spiro atoms. The fraction of sp³-hybridized carbons (Fsp3) is 0.300. The van der Waals surface area contributed by atoms with Gasteiger partial charge in [0.25, 0.3) is 5.91 Å². The van der Waals surface area contributed by atoms with Gasteiger partial charge in [0.2, 0.25) is 0 Å². The van der Waals surface area contributed by atoms with E-state index in [4.69, 9.17) is 4.98 Å². The summed E-state index contributed by atoms with van der Waals surface area (Å²) in [6.07, 6.45) is 1.17. The average molecular weight is 364 g/mol. The van der Waals surface area contributed by atoms with Crippen molar-refractivity contribution < 1.29 is 14.7 Å². The number of fused-ring (bicyclic) bond motifs is 1. The van der Waals surface area contributed by atoms with Gasteiger partial charge in [-0.25, -0.2) is 9.78 Å². The maximum atomic E-state index is 13.3. The molecule has 1 aromatic carbocycles. The topological polar surface area (TPSA) is 88.3 Å². The van der Waals surface area contributed by atoms with Crippen LogP contribution < -0.4 is 0 Å². The minimum atomic E-state index is -0.961. The normalized spacial score (nSPS) is 16.8. The molecule has 1 N–H and O–H groups in total. The van der Waals surface area contributed by atoms with E-state index < -0.39 is 12.0 Å². The predicted molar refractivity (Wildman–Crippen MR) is 100 cm³/mol. The summed E-state index contributed by atoms with van der Waals surface area (Å²) in [4.78, 5) is 31.0. The zero-order chi connectivity index (χ0) is 19.1. The van der Waals surface area contributed by atoms with Gasteiger partial charge in [-0.3, -0.25) is 9.48 Å². The van der Waals surface area contributed by atoms with Crippen molar-refractivity contribution >= 4 is 22.9 Å². The quantitative estimate of drug-likeness (QED) is 0.772. The van der Waals surface area contributed by atoms with Gasteiger partial charge in [-0.2, -0.15) is 5.10 Å². The van der Waals surface area contributed by atoms with Crippen molar-refractivity contribution in [2.45, 2.75) is 25.8 Å². The van der Waals surface area contributed by atoms with Gasteiger partial charge >= 0.3 is 5.97 Å². The summed E-state index contributed by atoms with van der Waals surface area (Å²) in [5, 5.41) is 14.6. The van der Waals surface area contributed by atoms with Gasteiger partial charge < -0.3 is 10.0 Å². The number of pyridine rings is 1. The highest BCUT2D eigenvalue weighted by molar-refractivity contribution is 6.08. The number of benzene rings is 1. The molecule has 3 aromatic rings. The van der Waals surface area contributed by atoms with Crippen LogP contribution in [0.5, 0.6) is 0 Å². The second kappa shape index (κ2) is 6.50. The average Bonchev–Trinajstić information content (AvgIpc) is 3.27. The molecule has 4 rings (SSSR count). The molecule has 2 aromatic heterocycles. The molecule has 138 valence electrons. The summed E-state index contributed by atoms with van der Waals surface area (Å²) in [6, 6.07) is 10.6. The number of aryl methyl sites for hydroxylation is 2. The lowest BCUT2D eigenvalue weighted by atomic mass is 10.0. The van der Waals surface area contributed by atoms with Gasteiger partial charge in [0, 0.05) is 19.2 Å². The van der Waals surface area contributed by atoms with E-state index in [2.05, 4.69) is 5.10 Å². The number of aromatic nitrogens is 3. The van der Waals surface area contributed by atoms with Crippen LogP contribution in [0.4, 0.5) is 0 Å². The summed E-state index contributed by atoms with van der Waals surface area (Å²) in [5.41, 5.74) is 3.33. The van der Waals surface area contributed by atoms with Gasteiger partial charge in [0.1, 0.15) is 6.04 Å². The maximum Gasteiger partial charge on any atom is 0.326 e. The van der Waals surface area contributed by atoms with Gasteiger partial charge in [-0.15, -0.1) is 0 Å². The van der Waals surface area contributed by atoms with Crippen LogP contribution in [0, 0.1) is 6.92 Å². The van der Waals surface area contributed by atoms with E-state index in [1.165, 1.54) is 4.90 Å². The number of carboxylic acids is 1. The molecule has 1 aliphatic heterocycles. The van der Waals surface area contributed by atoms with Crippen LogP contribution in [-0.4, -0.2) is 49.2 Å². The summed E-state index contributed by atoms with van der Waals surface area (Å²) in [5.74, 6) is -1.24. The lowest BCUT2D eigenvalue weighted by molar-refractivity contribution is -0.141. The van der Waals surface area contributed by atoms with Crippen LogP contribution >= 0.6 is 0 Å². The second-order valence-corrected chi connectivity index (χ2v) is 6.82. The van der Waals surface area contributed by atoms with Gasteiger partial charge in [-0.05, 0) is 25.8 Å². The number of nitrogens with zero attached hydrogens (tertiary/aromatic N) is 4. The molecule has 27 heavy (non-hydrogen) atoms. The van der Waals surface area contributed by atoms with Crippen LogP contribution in [0.2, 0.25) is 0 Å². The maximum absolute atomic E-state index is 13.3. The Labute approximate surface area is 156 Å². The Kier molecular flexibility index (Phi) is 4.14. The van der Waals surface area contributed by atoms with Crippen molar-refractivity contribution in [2.24, 2.45) is 7.05 Å². The number of hydrogen-bond donors (Lipinski definition) is 1. The first-order valence-corrected chi connectivity index (χ1v) is 8.91. The zero-order valence-corrected chi connectivity index (χ0v) is 15.2. The second-order valence-electron chi connectivity index (χ2n) is 6.82. The van der Waals surface area contributed by atoms with Crippen molar-refractivity contribution in [3.8, 4) is 11.3 Å². The summed E-state index contributed by atoms with van der Waals surface area (Å²) < 4.78 is 1.66. The van der Waals surface area contributed by atoms with Crippen molar-refractivity contribution in [3.63, 3.8) is 0 Å². The van der Waals surface area contributed by atoms with E-state index in [9.17, 15) is 14.7 Å². The number of carbonyl (C=O) groups excluding carboxylic acids is 1. The van der Waals surface area contributed by atoms with Crippen LogP contribution in [0.3, 0.4) is 0 Å². The third kappa shape index (κ3) is 2.85. The fourth-order valence-corrected chi connectivity index (χ4v) is 3.79. The molecule has 1 aliphatic rings. The lowest BCUT2D eigenvalue weighted by Crippen LogP contribution is -2.40. The minimum absolute atomic E-state index is 0.277. The molecule has 0 radical (unpaired) electrons. The third-order valence-electron chi connectivity index (χ3n) is 5.07. The zero-order valence-electron chi connectivity index (χ0n) is 15.2. The monoisotopic (exact) mass is 364 g/mol. The molecular formula is C20H20N4O3. The van der Waals surface area contributed by atoms with Crippen molar-refractivity contribution in [1.29, 1.82) is 0 Å². The van der Waals surface area contributed by atoms with E-state index in [-0.39, 0.29) is 5.91 Å². The molecule has 1 fully saturated rings. The number of rotatable bonds is 3. The van der Waals surface area contributed by atoms with Crippen molar-refractivity contribution in [3.05, 3.63) is 47.7 Å². The Morgan fingerprint density at radius 3 is 2.67 bits per heavy atom. The SMILES string of the molecule is Cc1nn(C)c2nc(-c3ccccc3)cc(C(=O)N3CCCC3C(=O)O)c12. The van der Waals surface area contributed by atoms with Crippen LogP contribution in [0.1, 0.15) is 28.9 Å². The number of amides is 1. The molecule has 0 aliphatic carbocycles. The molecule has 1 atom stereocenters. The molecule has 1 saturated heterocycles. The van der Waals surface area contributed by atoms with Crippen LogP contribution in [-0.2, 0) is 11.8 Å². The summed E-state index contributed by atoms with van der Waals surface area (Å²) in [7, 11) is 1.79. The molecule has 7 heteroatoms. The van der Waals surface area contributed by atoms with Crippen LogP contribution in [0.15, 0.2) is 36.4 Å². The summed E-state index contributed by atoms with van der Waals surface area (Å²) >= 11 is 0.